The first-order valence-corrected chi connectivity index (χ1v) is 8.40. The number of aryl methyl sites for hydroxylation is 2. The number of H-pyrrole nitrogens is 1. The number of nitrogens with zero attached hydrogens (tertiary/aromatic N) is 4. The van der Waals surface area contributed by atoms with Gasteiger partial charge in [0.1, 0.15) is 0 Å². The Labute approximate surface area is 153 Å². The minimum Gasteiger partial charge on any atom is -0.504 e. The maximum absolute atomic E-state index is 12.1. The number of aromatic hydroxyl groups is 1. The minimum atomic E-state index is -0.532. The van der Waals surface area contributed by atoms with E-state index in [1.807, 2.05) is 13.8 Å². The van der Waals surface area contributed by atoms with Crippen LogP contribution in [-0.4, -0.2) is 37.0 Å². The molecule has 1 aromatic carbocycles. The van der Waals surface area contributed by atoms with Crippen molar-refractivity contribution in [3.8, 4) is 11.5 Å². The van der Waals surface area contributed by atoms with Gasteiger partial charge in [0.2, 0.25) is 5.95 Å². The van der Waals surface area contributed by atoms with E-state index in [0.29, 0.717) is 35.9 Å². The van der Waals surface area contributed by atoms with Crippen LogP contribution in [0, 0.1) is 0 Å². The van der Waals surface area contributed by atoms with Crippen LogP contribution in [0.3, 0.4) is 0 Å². The molecule has 0 aliphatic carbocycles. The van der Waals surface area contributed by atoms with Gasteiger partial charge in [0.25, 0.3) is 5.56 Å². The van der Waals surface area contributed by atoms with Crippen molar-refractivity contribution in [2.75, 3.05) is 12.0 Å². The summed E-state index contributed by atoms with van der Waals surface area (Å²) in [7, 11) is 1.53. The standard InChI is InChI=1S/C17H20N6O4/c1-4-23-13-14(22(3)17(26)20-15(13)25)19-16(23)21-18-9-10-6-7-11(24)12(8-10)27-5-2/h6-9,24H,4-5H2,1-3H3,(H,19,21)(H,20,25,26)/b18-9+. The number of hydrogen-bond donors (Lipinski definition) is 3. The zero-order chi connectivity index (χ0) is 19.6. The molecule has 0 aliphatic heterocycles. The molecule has 0 radical (unpaired) electrons. The molecule has 2 aromatic heterocycles. The highest BCUT2D eigenvalue weighted by Gasteiger charge is 2.15. The molecule has 142 valence electrons. The third-order valence-electron chi connectivity index (χ3n) is 3.99. The predicted molar refractivity (Wildman–Crippen MR) is 102 cm³/mol. The van der Waals surface area contributed by atoms with Crippen LogP contribution in [0.15, 0.2) is 32.9 Å². The molecule has 0 spiro atoms. The van der Waals surface area contributed by atoms with Gasteiger partial charge in [-0.1, -0.05) is 0 Å². The topological polar surface area (TPSA) is 127 Å². The van der Waals surface area contributed by atoms with Crippen LogP contribution in [0.1, 0.15) is 19.4 Å². The highest BCUT2D eigenvalue weighted by molar-refractivity contribution is 5.81. The lowest BCUT2D eigenvalue weighted by Gasteiger charge is -2.06. The maximum atomic E-state index is 12.1. The van der Waals surface area contributed by atoms with Gasteiger partial charge in [-0.2, -0.15) is 10.1 Å². The number of phenols is 1. The van der Waals surface area contributed by atoms with Crippen molar-refractivity contribution in [2.45, 2.75) is 20.4 Å². The van der Waals surface area contributed by atoms with Crippen LogP contribution >= 0.6 is 0 Å². The Kier molecular flexibility index (Phi) is 4.97. The van der Waals surface area contributed by atoms with E-state index in [1.54, 1.807) is 16.7 Å². The molecule has 2 heterocycles. The van der Waals surface area contributed by atoms with Gasteiger partial charge in [-0.15, -0.1) is 0 Å². The molecule has 0 amide bonds. The van der Waals surface area contributed by atoms with Gasteiger partial charge in [-0.05, 0) is 37.6 Å². The zero-order valence-corrected chi connectivity index (χ0v) is 15.2. The van der Waals surface area contributed by atoms with Gasteiger partial charge in [0.15, 0.2) is 22.7 Å². The number of aromatic amines is 1. The van der Waals surface area contributed by atoms with Crippen LogP contribution in [0.2, 0.25) is 0 Å². The molecule has 0 unspecified atom stereocenters. The monoisotopic (exact) mass is 372 g/mol. The van der Waals surface area contributed by atoms with Gasteiger partial charge in [0, 0.05) is 13.6 Å². The summed E-state index contributed by atoms with van der Waals surface area (Å²) >= 11 is 0. The fourth-order valence-corrected chi connectivity index (χ4v) is 2.67. The van der Waals surface area contributed by atoms with Gasteiger partial charge in [0.05, 0.1) is 12.8 Å². The fraction of sp³-hybridized carbons (Fsp3) is 0.294. The van der Waals surface area contributed by atoms with Crippen molar-refractivity contribution in [1.29, 1.82) is 0 Å². The quantitative estimate of drug-likeness (QED) is 0.438. The van der Waals surface area contributed by atoms with E-state index in [2.05, 4.69) is 20.5 Å². The Morgan fingerprint density at radius 1 is 1.37 bits per heavy atom. The van der Waals surface area contributed by atoms with Gasteiger partial charge < -0.3 is 14.4 Å². The summed E-state index contributed by atoms with van der Waals surface area (Å²) in [5.74, 6) is 0.748. The van der Waals surface area contributed by atoms with Crippen LogP contribution in [0.5, 0.6) is 11.5 Å². The smallest absolute Gasteiger partial charge is 0.329 e. The van der Waals surface area contributed by atoms with Gasteiger partial charge >= 0.3 is 5.69 Å². The molecule has 0 bridgehead atoms. The normalized spacial score (nSPS) is 11.4. The molecule has 0 aliphatic rings. The van der Waals surface area contributed by atoms with E-state index in [0.717, 1.165) is 0 Å². The summed E-state index contributed by atoms with van der Waals surface area (Å²) in [6.45, 7) is 4.57. The Morgan fingerprint density at radius 2 is 2.15 bits per heavy atom. The second kappa shape index (κ2) is 7.36. The molecule has 10 nitrogen and oxygen atoms in total. The lowest BCUT2D eigenvalue weighted by Crippen LogP contribution is -2.29. The van der Waals surface area contributed by atoms with E-state index >= 15 is 0 Å². The van der Waals surface area contributed by atoms with Crippen LogP contribution in [0.4, 0.5) is 5.95 Å². The Balaban J connectivity index is 1.93. The van der Waals surface area contributed by atoms with E-state index in [1.165, 1.54) is 23.9 Å². The summed E-state index contributed by atoms with van der Waals surface area (Å²) in [5, 5.41) is 13.9. The van der Waals surface area contributed by atoms with Crippen molar-refractivity contribution < 1.29 is 9.84 Å². The predicted octanol–water partition coefficient (Wildman–Crippen LogP) is 0.993. The van der Waals surface area contributed by atoms with Crippen molar-refractivity contribution in [1.82, 2.24) is 19.1 Å². The lowest BCUT2D eigenvalue weighted by molar-refractivity contribution is 0.318. The number of hydrazone groups is 1. The molecule has 0 atom stereocenters. The van der Waals surface area contributed by atoms with Crippen LogP contribution in [0.25, 0.3) is 11.2 Å². The van der Waals surface area contributed by atoms with Crippen LogP contribution in [-0.2, 0) is 13.6 Å². The molecule has 3 aromatic rings. The molecule has 0 fully saturated rings. The minimum absolute atomic E-state index is 0.0508. The third kappa shape index (κ3) is 3.41. The first-order chi connectivity index (χ1) is 13.0. The lowest BCUT2D eigenvalue weighted by atomic mass is 10.2. The van der Waals surface area contributed by atoms with E-state index < -0.39 is 11.2 Å². The summed E-state index contributed by atoms with van der Waals surface area (Å²) in [6, 6.07) is 4.85. The highest BCUT2D eigenvalue weighted by atomic mass is 16.5. The SMILES string of the molecule is CCOc1cc(/C=N/Nc2nc3c(c(=O)[nH]c(=O)n3C)n2CC)ccc1O. The number of nitrogens with one attached hydrogen (secondary N) is 2. The fourth-order valence-electron chi connectivity index (χ4n) is 2.67. The molecule has 3 rings (SSSR count). The average molecular weight is 372 g/mol. The van der Waals surface area contributed by atoms with E-state index in [-0.39, 0.29) is 11.4 Å². The van der Waals surface area contributed by atoms with Crippen molar-refractivity contribution >= 4 is 23.3 Å². The van der Waals surface area contributed by atoms with Crippen molar-refractivity contribution in [2.24, 2.45) is 12.1 Å². The Morgan fingerprint density at radius 3 is 2.85 bits per heavy atom. The van der Waals surface area contributed by atoms with Gasteiger partial charge in [-0.25, -0.2) is 10.2 Å². The number of ether oxygens (including phenoxy) is 1. The molecular formula is C17H20N6O4. The molecule has 3 N–H and O–H groups in total. The number of imidazole rings is 1. The first-order valence-electron chi connectivity index (χ1n) is 8.40. The van der Waals surface area contributed by atoms with E-state index in [4.69, 9.17) is 4.74 Å². The Hall–Kier alpha value is -3.56. The van der Waals surface area contributed by atoms with Crippen molar-refractivity contribution in [3.63, 3.8) is 0 Å². The Bertz CT molecular complexity index is 1120. The number of phenolic OH excluding ortho intramolecular Hbond substituents is 1. The number of aromatic nitrogens is 4. The molecule has 27 heavy (non-hydrogen) atoms. The number of fused-ring (bicyclic) bond motifs is 1. The first kappa shape index (κ1) is 18.2. The molecular weight excluding hydrogens is 352 g/mol. The zero-order valence-electron chi connectivity index (χ0n) is 15.2. The average Bonchev–Trinajstić information content (AvgIpc) is 3.02. The second-order valence-electron chi connectivity index (χ2n) is 5.70. The number of benzene rings is 1. The van der Waals surface area contributed by atoms with Crippen LogP contribution < -0.4 is 21.4 Å². The summed E-state index contributed by atoms with van der Waals surface area (Å²) < 4.78 is 8.24. The van der Waals surface area contributed by atoms with E-state index in [9.17, 15) is 14.7 Å². The number of hydrogen-bond acceptors (Lipinski definition) is 7. The number of anilines is 1. The maximum Gasteiger partial charge on any atom is 0.329 e. The van der Waals surface area contributed by atoms with Crippen molar-refractivity contribution in [3.05, 3.63) is 44.6 Å². The van der Waals surface area contributed by atoms with Gasteiger partial charge in [-0.3, -0.25) is 14.3 Å². The summed E-state index contributed by atoms with van der Waals surface area (Å²) in [4.78, 5) is 30.5. The molecule has 10 heteroatoms. The molecule has 0 saturated heterocycles. The third-order valence-corrected chi connectivity index (χ3v) is 3.99. The summed E-state index contributed by atoms with van der Waals surface area (Å²) in [6.07, 6.45) is 1.53. The number of rotatable bonds is 6. The second-order valence-corrected chi connectivity index (χ2v) is 5.70. The largest absolute Gasteiger partial charge is 0.504 e. The highest BCUT2D eigenvalue weighted by Crippen LogP contribution is 2.26. The summed E-state index contributed by atoms with van der Waals surface area (Å²) in [5.41, 5.74) is 3.02. The molecule has 0 saturated carbocycles.